The van der Waals surface area contributed by atoms with Crippen molar-refractivity contribution in [1.29, 1.82) is 0 Å². The third kappa shape index (κ3) is 9.97. The number of rotatable bonds is 7. The lowest BCUT2D eigenvalue weighted by Gasteiger charge is -2.31. The lowest BCUT2D eigenvalue weighted by Crippen LogP contribution is -2.45. The molecule has 2 aromatic rings. The predicted molar refractivity (Wildman–Crippen MR) is 188 cm³/mol. The van der Waals surface area contributed by atoms with E-state index in [1.54, 1.807) is 26.0 Å². The highest BCUT2D eigenvalue weighted by molar-refractivity contribution is 7.83. The van der Waals surface area contributed by atoms with Gasteiger partial charge in [0.25, 0.3) is 5.91 Å². The van der Waals surface area contributed by atoms with Gasteiger partial charge in [-0.2, -0.15) is 0 Å². The number of aryl methyl sites for hydroxylation is 1. The molecule has 0 fully saturated rings. The Morgan fingerprint density at radius 3 is 2.72 bits per heavy atom. The van der Waals surface area contributed by atoms with Crippen LogP contribution >= 0.6 is 11.6 Å². The van der Waals surface area contributed by atoms with Gasteiger partial charge >= 0.3 is 6.09 Å². The van der Waals surface area contributed by atoms with Gasteiger partial charge in [-0.15, -0.1) is 0 Å². The highest BCUT2D eigenvalue weighted by Gasteiger charge is 2.32. The number of alkyl carbamates (subject to hydrolysis) is 1. The first kappa shape index (κ1) is 36.8. The zero-order chi connectivity index (χ0) is 34.1. The molecule has 2 heterocycles. The number of halogens is 1. The highest BCUT2D eigenvalue weighted by Crippen LogP contribution is 2.38. The van der Waals surface area contributed by atoms with Crippen LogP contribution in [0.25, 0.3) is 0 Å². The fraction of sp³-hybridized carbons (Fsp3) is 0.556. The molecule has 2 aromatic carbocycles. The summed E-state index contributed by atoms with van der Waals surface area (Å²) in [6, 6.07) is 11.5. The van der Waals surface area contributed by atoms with Crippen LogP contribution in [0, 0.1) is 11.8 Å². The molecule has 4 rings (SSSR count). The van der Waals surface area contributed by atoms with Gasteiger partial charge < -0.3 is 24.4 Å². The van der Waals surface area contributed by atoms with E-state index in [2.05, 4.69) is 34.9 Å². The summed E-state index contributed by atoms with van der Waals surface area (Å²) in [5.41, 5.74) is 1.96. The molecular formula is C36H50ClN3O6S. The van der Waals surface area contributed by atoms with Crippen molar-refractivity contribution in [1.82, 2.24) is 10.0 Å². The number of carbonyl (C=O) groups excluding carboxylic acids is 2. The van der Waals surface area contributed by atoms with Crippen LogP contribution < -0.4 is 19.7 Å². The molecule has 2 N–H and O–H groups in total. The number of amides is 2. The highest BCUT2D eigenvalue weighted by atomic mass is 35.5. The summed E-state index contributed by atoms with van der Waals surface area (Å²) in [5, 5.41) is 3.58. The zero-order valence-corrected chi connectivity index (χ0v) is 30.0. The molecule has 11 heteroatoms. The third-order valence-electron chi connectivity index (χ3n) is 8.69. The van der Waals surface area contributed by atoms with Crippen LogP contribution in [-0.4, -0.2) is 60.8 Å². The number of anilines is 1. The van der Waals surface area contributed by atoms with Crippen molar-refractivity contribution in [2.75, 3.05) is 37.7 Å². The number of ether oxygens (including phenoxy) is 3. The van der Waals surface area contributed by atoms with Crippen LogP contribution in [0.15, 0.2) is 53.4 Å². The standard InChI is InChI=1S/C36H50ClN3O6S/c1-7-10-26-19-28(37)12-14-30(26)27-22-40-17-16-25(8-2)32(46-35(42)38-21-24(3)4)11-9-18-45-36(5,6)34(41)39-47(43)29-13-15-33(44-23-27)31(40)20-29/h9,11-15,19-20,24-25,27,32H,7-8,10,16-18,21-23H2,1-6H3,(H,38,42)(H,39,41)/b11-9+. The van der Waals surface area contributed by atoms with Gasteiger partial charge in [0, 0.05) is 36.5 Å². The van der Waals surface area contributed by atoms with Gasteiger partial charge in [-0.3, -0.25) is 9.52 Å². The molecule has 0 aliphatic carbocycles. The van der Waals surface area contributed by atoms with Crippen molar-refractivity contribution in [3.8, 4) is 5.75 Å². The Labute approximate surface area is 287 Å². The van der Waals surface area contributed by atoms with E-state index in [4.69, 9.17) is 25.8 Å². The number of nitrogens with one attached hydrogen (secondary N) is 2. The maximum absolute atomic E-state index is 13.4. The van der Waals surface area contributed by atoms with E-state index in [0.29, 0.717) is 48.3 Å². The van der Waals surface area contributed by atoms with E-state index in [1.165, 1.54) is 11.1 Å². The van der Waals surface area contributed by atoms with E-state index in [9.17, 15) is 13.8 Å². The third-order valence-corrected chi connectivity index (χ3v) is 9.97. The Balaban J connectivity index is 1.73. The van der Waals surface area contributed by atoms with Gasteiger partial charge in [-0.25, -0.2) is 9.00 Å². The largest absolute Gasteiger partial charge is 0.491 e. The minimum absolute atomic E-state index is 0.00478. The number of benzene rings is 2. The van der Waals surface area contributed by atoms with Crippen molar-refractivity contribution in [2.45, 2.75) is 89.7 Å². The second-order valence-corrected chi connectivity index (χ2v) is 14.9. The van der Waals surface area contributed by atoms with E-state index < -0.39 is 34.7 Å². The van der Waals surface area contributed by atoms with E-state index in [1.807, 2.05) is 44.2 Å². The molecule has 9 nitrogen and oxygen atoms in total. The number of hydrogen-bond acceptors (Lipinski definition) is 7. The molecule has 258 valence electrons. The van der Waals surface area contributed by atoms with Gasteiger partial charge in [-0.05, 0) is 86.6 Å². The van der Waals surface area contributed by atoms with Crippen LogP contribution in [0.5, 0.6) is 5.75 Å². The number of fused-ring (bicyclic) bond motifs is 1. The topological polar surface area (TPSA) is 106 Å². The van der Waals surface area contributed by atoms with Gasteiger partial charge in [0.05, 0.1) is 23.8 Å². The Hall–Kier alpha value is -3.08. The SMILES string of the molecule is CCCc1cc(Cl)ccc1C1COc2ccc3cc2N(CCC(CC)C(OC(=O)NCC(C)C)/C=C/COC(C)(C)C(=O)NS3=O)C1. The lowest BCUT2D eigenvalue weighted by molar-refractivity contribution is -0.139. The molecule has 0 spiro atoms. The van der Waals surface area contributed by atoms with Crippen molar-refractivity contribution in [2.24, 2.45) is 11.8 Å². The molecule has 4 unspecified atom stereocenters. The van der Waals surface area contributed by atoms with E-state index >= 15 is 0 Å². The lowest BCUT2D eigenvalue weighted by atomic mass is 9.91. The summed E-state index contributed by atoms with van der Waals surface area (Å²) in [4.78, 5) is 28.7. The fourth-order valence-electron chi connectivity index (χ4n) is 5.89. The Bertz CT molecular complexity index is 1450. The first-order valence-corrected chi connectivity index (χ1v) is 18.2. The van der Waals surface area contributed by atoms with Gasteiger partial charge in [-0.1, -0.05) is 57.9 Å². The maximum atomic E-state index is 13.4. The summed E-state index contributed by atoms with van der Waals surface area (Å²) in [7, 11) is -1.82. The summed E-state index contributed by atoms with van der Waals surface area (Å²) in [6.45, 7) is 14.0. The van der Waals surface area contributed by atoms with Crippen LogP contribution in [-0.2, 0) is 31.7 Å². The summed E-state index contributed by atoms with van der Waals surface area (Å²) in [5.74, 6) is 0.513. The number of hydrogen-bond donors (Lipinski definition) is 2. The van der Waals surface area contributed by atoms with Crippen LogP contribution in [0.2, 0.25) is 5.02 Å². The molecule has 2 bridgehead atoms. The predicted octanol–water partition coefficient (Wildman–Crippen LogP) is 6.95. The van der Waals surface area contributed by atoms with Crippen molar-refractivity contribution >= 4 is 40.3 Å². The van der Waals surface area contributed by atoms with Gasteiger partial charge in [0.15, 0.2) is 11.0 Å². The first-order chi connectivity index (χ1) is 22.4. The van der Waals surface area contributed by atoms with Crippen molar-refractivity contribution in [3.05, 3.63) is 64.7 Å². The minimum atomic E-state index is -1.82. The molecular weight excluding hydrogens is 638 g/mol. The number of nitrogens with zero attached hydrogens (tertiary/aromatic N) is 1. The molecule has 2 aliphatic heterocycles. The monoisotopic (exact) mass is 687 g/mol. The number of carbonyl (C=O) groups is 2. The zero-order valence-electron chi connectivity index (χ0n) is 28.5. The fourth-order valence-corrected chi connectivity index (χ4v) is 7.03. The summed E-state index contributed by atoms with van der Waals surface area (Å²) < 4.78 is 34.4. The summed E-state index contributed by atoms with van der Waals surface area (Å²) in [6.07, 6.45) is 6.05. The van der Waals surface area contributed by atoms with Crippen LogP contribution in [0.3, 0.4) is 0 Å². The second-order valence-electron chi connectivity index (χ2n) is 13.2. The summed E-state index contributed by atoms with van der Waals surface area (Å²) >= 11 is 6.41. The molecule has 0 radical (unpaired) electrons. The molecule has 4 atom stereocenters. The Morgan fingerprint density at radius 2 is 2.00 bits per heavy atom. The van der Waals surface area contributed by atoms with E-state index in [0.717, 1.165) is 24.9 Å². The Morgan fingerprint density at radius 1 is 1.21 bits per heavy atom. The van der Waals surface area contributed by atoms with Gasteiger partial charge in [0.1, 0.15) is 17.5 Å². The molecule has 0 aromatic heterocycles. The quantitative estimate of drug-likeness (QED) is 0.304. The average Bonchev–Trinajstić information content (AvgIpc) is 3.21. The molecule has 0 saturated heterocycles. The molecule has 2 aliphatic rings. The van der Waals surface area contributed by atoms with Crippen molar-refractivity contribution in [3.63, 3.8) is 0 Å². The molecule has 2 amide bonds. The van der Waals surface area contributed by atoms with Crippen LogP contribution in [0.1, 0.15) is 77.8 Å². The first-order valence-electron chi connectivity index (χ1n) is 16.7. The van der Waals surface area contributed by atoms with Crippen LogP contribution in [0.4, 0.5) is 10.5 Å². The normalized spacial score (nSPS) is 24.1. The average molecular weight is 688 g/mol. The Kier molecular flexibility index (Phi) is 13.2. The smallest absolute Gasteiger partial charge is 0.407 e. The maximum Gasteiger partial charge on any atom is 0.407 e. The van der Waals surface area contributed by atoms with Gasteiger partial charge in [0.2, 0.25) is 0 Å². The van der Waals surface area contributed by atoms with Crippen molar-refractivity contribution < 1.29 is 28.0 Å². The van der Waals surface area contributed by atoms with E-state index in [-0.39, 0.29) is 24.4 Å². The minimum Gasteiger partial charge on any atom is -0.491 e. The second kappa shape index (κ2) is 16.8. The molecule has 47 heavy (non-hydrogen) atoms. The molecule has 0 saturated carbocycles.